The molecule has 0 aliphatic rings. The highest BCUT2D eigenvalue weighted by Gasteiger charge is 2.11. The van der Waals surface area contributed by atoms with Gasteiger partial charge < -0.3 is 14.5 Å². The minimum Gasteiger partial charge on any atom is -0.482 e. The van der Waals surface area contributed by atoms with Gasteiger partial charge in [0.2, 0.25) is 0 Å². The van der Waals surface area contributed by atoms with Crippen LogP contribution in [0, 0.1) is 13.8 Å². The van der Waals surface area contributed by atoms with Crippen molar-refractivity contribution in [2.45, 2.75) is 33.6 Å². The van der Waals surface area contributed by atoms with Gasteiger partial charge in [-0.15, -0.1) is 0 Å². The number of nitrogens with zero attached hydrogens (tertiary/aromatic N) is 1. The van der Waals surface area contributed by atoms with Gasteiger partial charge in [0.1, 0.15) is 11.3 Å². The standard InChI is InChI=1S/C27H26BrN3O3S/c1-4-18-7-10-23-22(13-18)30-25(34-23)14-19-5-8-20(9-6-19)29-27(35)31-24(32)15-33-26-17(3)11-16(2)12-21(26)28/h5-13H,4,14-15H2,1-3H3,(H2,29,31,32,35). The van der Waals surface area contributed by atoms with E-state index in [9.17, 15) is 4.79 Å². The predicted octanol–water partition coefficient (Wildman–Crippen LogP) is 6.25. The first-order valence-corrected chi connectivity index (χ1v) is 12.5. The van der Waals surface area contributed by atoms with Crippen molar-refractivity contribution in [3.05, 3.63) is 87.2 Å². The summed E-state index contributed by atoms with van der Waals surface area (Å²) in [6.45, 7) is 5.91. The fourth-order valence-corrected chi connectivity index (χ4v) is 4.76. The summed E-state index contributed by atoms with van der Waals surface area (Å²) >= 11 is 8.75. The fraction of sp³-hybridized carbons (Fsp3) is 0.222. The molecule has 0 saturated heterocycles. The van der Waals surface area contributed by atoms with E-state index in [0.29, 0.717) is 18.1 Å². The van der Waals surface area contributed by atoms with Crippen LogP contribution in [0.2, 0.25) is 0 Å². The summed E-state index contributed by atoms with van der Waals surface area (Å²) < 4.78 is 12.4. The van der Waals surface area contributed by atoms with Crippen LogP contribution in [0.15, 0.2) is 63.5 Å². The molecule has 35 heavy (non-hydrogen) atoms. The number of aromatic nitrogens is 1. The fourth-order valence-electron chi connectivity index (χ4n) is 3.74. The Bertz CT molecular complexity index is 1360. The Hall–Kier alpha value is -3.23. The van der Waals surface area contributed by atoms with Crippen molar-refractivity contribution in [1.82, 2.24) is 10.3 Å². The Morgan fingerprint density at radius 2 is 1.83 bits per heavy atom. The number of hydrogen-bond acceptors (Lipinski definition) is 5. The average Bonchev–Trinajstić information content (AvgIpc) is 3.20. The number of amides is 1. The SMILES string of the molecule is CCc1ccc2oc(Cc3ccc(NC(=S)NC(=O)COc4c(C)cc(C)cc4Br)cc3)nc2c1. The van der Waals surface area contributed by atoms with Gasteiger partial charge in [-0.1, -0.05) is 31.2 Å². The highest BCUT2D eigenvalue weighted by molar-refractivity contribution is 9.10. The number of rotatable bonds is 7. The number of hydrogen-bond donors (Lipinski definition) is 2. The molecular weight excluding hydrogens is 526 g/mol. The maximum atomic E-state index is 12.3. The average molecular weight is 552 g/mol. The molecule has 0 aliphatic carbocycles. The quantitative estimate of drug-likeness (QED) is 0.264. The van der Waals surface area contributed by atoms with Crippen LogP contribution in [0.5, 0.6) is 5.75 Å². The lowest BCUT2D eigenvalue weighted by Gasteiger charge is -2.13. The molecule has 0 unspecified atom stereocenters. The first-order chi connectivity index (χ1) is 16.8. The van der Waals surface area contributed by atoms with E-state index in [0.717, 1.165) is 44.4 Å². The molecule has 0 bridgehead atoms. The third-order valence-corrected chi connectivity index (χ3v) is 6.24. The summed E-state index contributed by atoms with van der Waals surface area (Å²) in [7, 11) is 0. The second-order valence-electron chi connectivity index (χ2n) is 8.32. The molecule has 6 nitrogen and oxygen atoms in total. The molecule has 3 aromatic carbocycles. The van der Waals surface area contributed by atoms with Crippen molar-refractivity contribution in [1.29, 1.82) is 0 Å². The highest BCUT2D eigenvalue weighted by Crippen LogP contribution is 2.30. The minimum absolute atomic E-state index is 0.145. The topological polar surface area (TPSA) is 76.4 Å². The number of carbonyl (C=O) groups excluding carboxylic acids is 1. The minimum atomic E-state index is -0.340. The van der Waals surface area contributed by atoms with Crippen molar-refractivity contribution in [2.75, 3.05) is 11.9 Å². The van der Waals surface area contributed by atoms with Crippen molar-refractivity contribution < 1.29 is 13.9 Å². The zero-order chi connectivity index (χ0) is 24.9. The third-order valence-electron chi connectivity index (χ3n) is 5.45. The van der Waals surface area contributed by atoms with Gasteiger partial charge in [-0.05, 0) is 101 Å². The number of thiocarbonyl (C=S) groups is 1. The normalized spacial score (nSPS) is 10.9. The Labute approximate surface area is 218 Å². The molecule has 0 radical (unpaired) electrons. The van der Waals surface area contributed by atoms with Gasteiger partial charge in [0.05, 0.1) is 4.47 Å². The van der Waals surface area contributed by atoms with Gasteiger partial charge in [-0.25, -0.2) is 4.98 Å². The maximum Gasteiger partial charge on any atom is 0.264 e. The van der Waals surface area contributed by atoms with Crippen LogP contribution in [0.4, 0.5) is 5.69 Å². The number of anilines is 1. The van der Waals surface area contributed by atoms with Gasteiger partial charge in [-0.3, -0.25) is 10.1 Å². The summed E-state index contributed by atoms with van der Waals surface area (Å²) in [5.41, 5.74) is 6.80. The van der Waals surface area contributed by atoms with Crippen molar-refractivity contribution in [3.63, 3.8) is 0 Å². The Balaban J connectivity index is 1.29. The third kappa shape index (κ3) is 6.46. The second-order valence-corrected chi connectivity index (χ2v) is 9.58. The van der Waals surface area contributed by atoms with Crippen molar-refractivity contribution in [3.8, 4) is 5.75 Å². The van der Waals surface area contributed by atoms with Crippen LogP contribution < -0.4 is 15.4 Å². The van der Waals surface area contributed by atoms with Gasteiger partial charge in [0.15, 0.2) is 23.2 Å². The zero-order valence-corrected chi connectivity index (χ0v) is 22.2. The number of benzene rings is 3. The number of oxazole rings is 1. The van der Waals surface area contributed by atoms with Crippen LogP contribution in [0.3, 0.4) is 0 Å². The van der Waals surface area contributed by atoms with E-state index in [1.165, 1.54) is 5.56 Å². The Morgan fingerprint density at radius 1 is 1.09 bits per heavy atom. The van der Waals surface area contributed by atoms with E-state index in [-0.39, 0.29) is 17.6 Å². The maximum absolute atomic E-state index is 12.3. The van der Waals surface area contributed by atoms with Gasteiger partial charge in [0.25, 0.3) is 5.91 Å². The van der Waals surface area contributed by atoms with Crippen molar-refractivity contribution >= 4 is 56.0 Å². The lowest BCUT2D eigenvalue weighted by molar-refractivity contribution is -0.121. The Kier molecular flexibility index (Phi) is 7.83. The number of ether oxygens (including phenoxy) is 1. The largest absolute Gasteiger partial charge is 0.482 e. The van der Waals surface area contributed by atoms with E-state index >= 15 is 0 Å². The van der Waals surface area contributed by atoms with Crippen molar-refractivity contribution in [2.24, 2.45) is 0 Å². The molecule has 0 atom stereocenters. The molecule has 4 rings (SSSR count). The van der Waals surface area contributed by atoms with Gasteiger partial charge in [-0.2, -0.15) is 0 Å². The first kappa shape index (κ1) is 24.9. The van der Waals surface area contributed by atoms with Crippen LogP contribution in [0.1, 0.15) is 35.1 Å². The molecule has 8 heteroatoms. The summed E-state index contributed by atoms with van der Waals surface area (Å²) in [5, 5.41) is 5.87. The molecule has 1 amide bonds. The molecule has 0 aliphatic heterocycles. The molecule has 0 spiro atoms. The van der Waals surface area contributed by atoms with Crippen LogP contribution >= 0.6 is 28.1 Å². The van der Waals surface area contributed by atoms with Crippen LogP contribution in [0.25, 0.3) is 11.1 Å². The highest BCUT2D eigenvalue weighted by atomic mass is 79.9. The second kappa shape index (κ2) is 11.0. The van der Waals surface area contributed by atoms with E-state index in [1.54, 1.807) is 0 Å². The summed E-state index contributed by atoms with van der Waals surface area (Å²) in [5.74, 6) is 0.977. The van der Waals surface area contributed by atoms with Gasteiger partial charge in [0, 0.05) is 12.1 Å². The number of halogens is 1. The number of carbonyl (C=O) groups is 1. The van der Waals surface area contributed by atoms with E-state index in [2.05, 4.69) is 50.6 Å². The molecular formula is C27H26BrN3O3S. The number of fused-ring (bicyclic) bond motifs is 1. The molecule has 180 valence electrons. The lowest BCUT2D eigenvalue weighted by Crippen LogP contribution is -2.37. The molecule has 2 N–H and O–H groups in total. The van der Waals surface area contributed by atoms with Gasteiger partial charge >= 0.3 is 0 Å². The zero-order valence-electron chi connectivity index (χ0n) is 19.8. The van der Waals surface area contributed by atoms with Crippen LogP contribution in [-0.2, 0) is 17.6 Å². The number of nitrogens with one attached hydrogen (secondary N) is 2. The molecule has 1 aromatic heterocycles. The molecule has 4 aromatic rings. The molecule has 1 heterocycles. The summed E-state index contributed by atoms with van der Waals surface area (Å²) in [6, 6.07) is 17.8. The first-order valence-electron chi connectivity index (χ1n) is 11.3. The summed E-state index contributed by atoms with van der Waals surface area (Å²) in [6.07, 6.45) is 1.55. The molecule has 0 saturated carbocycles. The van der Waals surface area contributed by atoms with E-state index in [1.807, 2.05) is 56.3 Å². The number of aryl methyl sites for hydroxylation is 3. The Morgan fingerprint density at radius 3 is 2.54 bits per heavy atom. The van der Waals surface area contributed by atoms with E-state index in [4.69, 9.17) is 21.4 Å². The lowest BCUT2D eigenvalue weighted by atomic mass is 10.1. The van der Waals surface area contributed by atoms with Crippen LogP contribution in [-0.4, -0.2) is 22.6 Å². The predicted molar refractivity (Wildman–Crippen MR) is 146 cm³/mol. The summed E-state index contributed by atoms with van der Waals surface area (Å²) in [4.78, 5) is 16.9. The monoisotopic (exact) mass is 551 g/mol. The van der Waals surface area contributed by atoms with E-state index < -0.39 is 0 Å². The smallest absolute Gasteiger partial charge is 0.264 e. The molecule has 0 fully saturated rings.